The molecule has 0 saturated carbocycles. The maximum absolute atomic E-state index is 10.9. The van der Waals surface area contributed by atoms with Gasteiger partial charge in [-0.25, -0.2) is 0 Å². The molecule has 5 heteroatoms. The van der Waals surface area contributed by atoms with Gasteiger partial charge in [0.1, 0.15) is 0 Å². The first-order valence-electron chi connectivity index (χ1n) is 6.45. The molecule has 1 fully saturated rings. The molecule has 0 spiro atoms. The van der Waals surface area contributed by atoms with Gasteiger partial charge in [-0.15, -0.1) is 11.3 Å². The van der Waals surface area contributed by atoms with Crippen LogP contribution in [0.15, 0.2) is 17.5 Å². The van der Waals surface area contributed by atoms with Crippen LogP contribution in [-0.2, 0) is 4.79 Å². The Hall–Kier alpha value is -0.910. The minimum Gasteiger partial charge on any atom is -0.481 e. The maximum atomic E-state index is 10.9. The van der Waals surface area contributed by atoms with Crippen molar-refractivity contribution in [1.29, 1.82) is 0 Å². The maximum Gasteiger partial charge on any atom is 0.305 e. The number of carbonyl (C=O) groups is 1. The molecule has 1 aliphatic rings. The molecule has 18 heavy (non-hydrogen) atoms. The summed E-state index contributed by atoms with van der Waals surface area (Å²) in [6.07, 6.45) is 2.60. The molecule has 2 rings (SSSR count). The minimum atomic E-state index is -0.748. The van der Waals surface area contributed by atoms with Gasteiger partial charge >= 0.3 is 5.97 Å². The number of thiophene rings is 1. The Bertz CT molecular complexity index is 361. The third kappa shape index (κ3) is 4.08. The van der Waals surface area contributed by atoms with Crippen LogP contribution < -0.4 is 10.6 Å². The van der Waals surface area contributed by atoms with Crippen molar-refractivity contribution in [2.24, 2.45) is 5.92 Å². The van der Waals surface area contributed by atoms with Crippen LogP contribution >= 0.6 is 11.3 Å². The quantitative estimate of drug-likeness (QED) is 0.737. The Morgan fingerprint density at radius 2 is 2.56 bits per heavy atom. The standard InChI is InChI=1S/C13H20N2O2S/c16-13(17)7-11(12-4-2-6-18-12)15-9-10-3-1-5-14-8-10/h2,4,6,10-11,14-15H,1,3,5,7-9H2,(H,16,17). The van der Waals surface area contributed by atoms with Gasteiger partial charge in [0, 0.05) is 4.88 Å². The number of hydrogen-bond donors (Lipinski definition) is 3. The summed E-state index contributed by atoms with van der Waals surface area (Å²) in [5.74, 6) is -0.127. The molecule has 2 unspecified atom stereocenters. The Morgan fingerprint density at radius 3 is 3.17 bits per heavy atom. The predicted molar refractivity (Wildman–Crippen MR) is 72.9 cm³/mol. The Labute approximate surface area is 111 Å². The second-order valence-electron chi connectivity index (χ2n) is 4.79. The van der Waals surface area contributed by atoms with Gasteiger partial charge in [0.2, 0.25) is 0 Å². The molecule has 0 bridgehead atoms. The van der Waals surface area contributed by atoms with E-state index in [2.05, 4.69) is 10.6 Å². The molecule has 1 saturated heterocycles. The molecule has 0 aromatic carbocycles. The van der Waals surface area contributed by atoms with Crippen molar-refractivity contribution in [3.8, 4) is 0 Å². The van der Waals surface area contributed by atoms with E-state index < -0.39 is 5.97 Å². The number of carboxylic acid groups (broad SMARTS) is 1. The highest BCUT2D eigenvalue weighted by Crippen LogP contribution is 2.22. The number of piperidine rings is 1. The van der Waals surface area contributed by atoms with Crippen LogP contribution in [0, 0.1) is 5.92 Å². The first-order chi connectivity index (χ1) is 8.75. The first-order valence-corrected chi connectivity index (χ1v) is 7.33. The zero-order chi connectivity index (χ0) is 12.8. The average molecular weight is 268 g/mol. The highest BCUT2D eigenvalue weighted by atomic mass is 32.1. The molecule has 1 aromatic rings. The lowest BCUT2D eigenvalue weighted by molar-refractivity contribution is -0.137. The molecular formula is C13H20N2O2S. The van der Waals surface area contributed by atoms with Gasteiger partial charge in [-0.3, -0.25) is 4.79 Å². The van der Waals surface area contributed by atoms with Crippen LogP contribution in [0.25, 0.3) is 0 Å². The van der Waals surface area contributed by atoms with E-state index in [4.69, 9.17) is 5.11 Å². The van der Waals surface area contributed by atoms with Gasteiger partial charge in [0.05, 0.1) is 12.5 Å². The number of carboxylic acids is 1. The zero-order valence-electron chi connectivity index (χ0n) is 10.4. The lowest BCUT2D eigenvalue weighted by atomic mass is 9.99. The highest BCUT2D eigenvalue weighted by Gasteiger charge is 2.19. The molecule has 3 N–H and O–H groups in total. The molecule has 2 atom stereocenters. The summed E-state index contributed by atoms with van der Waals surface area (Å²) in [4.78, 5) is 12.0. The van der Waals surface area contributed by atoms with Gasteiger partial charge in [0.15, 0.2) is 0 Å². The summed E-state index contributed by atoms with van der Waals surface area (Å²) in [6.45, 7) is 3.04. The molecule has 0 amide bonds. The van der Waals surface area contributed by atoms with E-state index in [1.807, 2.05) is 17.5 Å². The van der Waals surface area contributed by atoms with Crippen molar-refractivity contribution in [3.63, 3.8) is 0 Å². The van der Waals surface area contributed by atoms with Crippen LogP contribution in [0.4, 0.5) is 0 Å². The Balaban J connectivity index is 1.86. The topological polar surface area (TPSA) is 61.4 Å². The number of rotatable bonds is 6. The molecule has 0 radical (unpaired) electrons. The lowest BCUT2D eigenvalue weighted by Gasteiger charge is -2.25. The van der Waals surface area contributed by atoms with Crippen LogP contribution in [0.2, 0.25) is 0 Å². The van der Waals surface area contributed by atoms with Crippen molar-refractivity contribution in [3.05, 3.63) is 22.4 Å². The van der Waals surface area contributed by atoms with Crippen molar-refractivity contribution in [2.75, 3.05) is 19.6 Å². The van der Waals surface area contributed by atoms with Gasteiger partial charge in [0.25, 0.3) is 0 Å². The van der Waals surface area contributed by atoms with E-state index in [-0.39, 0.29) is 12.5 Å². The number of nitrogens with one attached hydrogen (secondary N) is 2. The Morgan fingerprint density at radius 1 is 1.67 bits per heavy atom. The molecule has 2 heterocycles. The summed E-state index contributed by atoms with van der Waals surface area (Å²) in [6, 6.07) is 3.92. The summed E-state index contributed by atoms with van der Waals surface area (Å²) in [7, 11) is 0. The molecular weight excluding hydrogens is 248 g/mol. The summed E-state index contributed by atoms with van der Waals surface area (Å²) in [5.41, 5.74) is 0. The van der Waals surface area contributed by atoms with E-state index >= 15 is 0 Å². The third-order valence-electron chi connectivity index (χ3n) is 3.32. The van der Waals surface area contributed by atoms with E-state index in [9.17, 15) is 4.79 Å². The fourth-order valence-corrected chi connectivity index (χ4v) is 3.15. The SMILES string of the molecule is O=C(O)CC(NCC1CCCNC1)c1cccs1. The molecule has 100 valence electrons. The van der Waals surface area contributed by atoms with Gasteiger partial charge in [-0.2, -0.15) is 0 Å². The highest BCUT2D eigenvalue weighted by molar-refractivity contribution is 7.10. The van der Waals surface area contributed by atoms with Gasteiger partial charge in [-0.05, 0) is 49.8 Å². The fourth-order valence-electron chi connectivity index (χ4n) is 2.34. The minimum absolute atomic E-state index is 0.0515. The fraction of sp³-hybridized carbons (Fsp3) is 0.615. The van der Waals surface area contributed by atoms with Crippen LogP contribution in [0.1, 0.15) is 30.2 Å². The number of hydrogen-bond acceptors (Lipinski definition) is 4. The average Bonchev–Trinajstić information content (AvgIpc) is 2.89. The van der Waals surface area contributed by atoms with E-state index in [1.54, 1.807) is 11.3 Å². The Kier molecular flexibility index (Phi) is 5.16. The predicted octanol–water partition coefficient (Wildman–Crippen LogP) is 1.85. The molecule has 0 aliphatic carbocycles. The molecule has 4 nitrogen and oxygen atoms in total. The van der Waals surface area contributed by atoms with Gasteiger partial charge in [-0.1, -0.05) is 6.07 Å². The summed E-state index contributed by atoms with van der Waals surface area (Å²) >= 11 is 1.62. The van der Waals surface area contributed by atoms with Crippen LogP contribution in [0.5, 0.6) is 0 Å². The van der Waals surface area contributed by atoms with Gasteiger partial charge < -0.3 is 15.7 Å². The summed E-state index contributed by atoms with van der Waals surface area (Å²) in [5, 5.41) is 17.8. The first kappa shape index (κ1) is 13.5. The number of aliphatic carboxylic acids is 1. The van der Waals surface area contributed by atoms with Crippen molar-refractivity contribution in [1.82, 2.24) is 10.6 Å². The van der Waals surface area contributed by atoms with Crippen LogP contribution in [0.3, 0.4) is 0 Å². The van der Waals surface area contributed by atoms with E-state index in [0.29, 0.717) is 5.92 Å². The molecule has 1 aromatic heterocycles. The lowest BCUT2D eigenvalue weighted by Crippen LogP contribution is -2.37. The second kappa shape index (κ2) is 6.87. The third-order valence-corrected chi connectivity index (χ3v) is 4.30. The van der Waals surface area contributed by atoms with Crippen LogP contribution in [-0.4, -0.2) is 30.7 Å². The second-order valence-corrected chi connectivity index (χ2v) is 5.77. The van der Waals surface area contributed by atoms with Crippen molar-refractivity contribution < 1.29 is 9.90 Å². The van der Waals surface area contributed by atoms with Crippen molar-refractivity contribution in [2.45, 2.75) is 25.3 Å². The molecule has 1 aliphatic heterocycles. The zero-order valence-corrected chi connectivity index (χ0v) is 11.2. The van der Waals surface area contributed by atoms with Crippen molar-refractivity contribution >= 4 is 17.3 Å². The monoisotopic (exact) mass is 268 g/mol. The summed E-state index contributed by atoms with van der Waals surface area (Å²) < 4.78 is 0. The largest absolute Gasteiger partial charge is 0.481 e. The van der Waals surface area contributed by atoms with E-state index in [1.165, 1.54) is 12.8 Å². The smallest absolute Gasteiger partial charge is 0.305 e. The normalized spacial score (nSPS) is 21.7. The van der Waals surface area contributed by atoms with E-state index in [0.717, 1.165) is 24.5 Å².